The highest BCUT2D eigenvalue weighted by Crippen LogP contribution is 2.26. The van der Waals surface area contributed by atoms with Gasteiger partial charge in [0.1, 0.15) is 0 Å². The first kappa shape index (κ1) is 12.1. The molecule has 0 saturated carbocycles. The Kier molecular flexibility index (Phi) is 4.10. The Morgan fingerprint density at radius 3 is 2.38 bits per heavy atom. The number of benzene rings is 1. The van der Waals surface area contributed by atoms with Crippen LogP contribution in [-0.2, 0) is 0 Å². The van der Waals surface area contributed by atoms with Crippen molar-refractivity contribution in [1.82, 2.24) is 0 Å². The summed E-state index contributed by atoms with van der Waals surface area (Å²) in [5, 5.41) is 9.05. The van der Waals surface area contributed by atoms with E-state index in [-0.39, 0.29) is 18.0 Å². The van der Waals surface area contributed by atoms with E-state index in [1.165, 1.54) is 6.07 Å². The number of aromatic hydroxyl groups is 1. The Labute approximate surface area is 80.8 Å². The lowest BCUT2D eigenvalue weighted by molar-refractivity contribution is 0.398. The van der Waals surface area contributed by atoms with E-state index in [0.29, 0.717) is 0 Å². The van der Waals surface area contributed by atoms with Gasteiger partial charge in [0.2, 0.25) is 5.82 Å². The van der Waals surface area contributed by atoms with E-state index in [1.54, 1.807) is 6.92 Å². The van der Waals surface area contributed by atoms with Crippen LogP contribution in [-0.4, -0.2) is 5.11 Å². The van der Waals surface area contributed by atoms with Gasteiger partial charge in [-0.1, -0.05) is 6.07 Å². The van der Waals surface area contributed by atoms with Crippen LogP contribution in [0.25, 0.3) is 0 Å². The lowest BCUT2D eigenvalue weighted by Gasteiger charge is -2.08. The molecule has 1 aromatic rings. The minimum absolute atomic E-state index is 0. The molecule has 1 aromatic carbocycles. The third-order valence-corrected chi connectivity index (χ3v) is 1.59. The summed E-state index contributed by atoms with van der Waals surface area (Å²) in [4.78, 5) is 0. The van der Waals surface area contributed by atoms with E-state index >= 15 is 0 Å². The summed E-state index contributed by atoms with van der Waals surface area (Å²) in [6.07, 6.45) is 0. The zero-order valence-corrected chi connectivity index (χ0v) is 7.74. The molecule has 0 aliphatic carbocycles. The van der Waals surface area contributed by atoms with Crippen LogP contribution >= 0.6 is 12.4 Å². The molecule has 0 fully saturated rings. The second kappa shape index (κ2) is 4.39. The van der Waals surface area contributed by atoms with Gasteiger partial charge < -0.3 is 10.8 Å². The summed E-state index contributed by atoms with van der Waals surface area (Å²) in [5.41, 5.74) is 5.59. The highest BCUT2D eigenvalue weighted by Gasteiger charge is 2.14. The number of halogens is 3. The number of rotatable bonds is 1. The molecule has 0 bridgehead atoms. The number of nitrogens with two attached hydrogens (primary N) is 1. The predicted octanol–water partition coefficient (Wildman–Crippen LogP) is 2.11. The van der Waals surface area contributed by atoms with Gasteiger partial charge >= 0.3 is 0 Å². The van der Waals surface area contributed by atoms with Crippen LogP contribution in [0.5, 0.6) is 5.75 Å². The summed E-state index contributed by atoms with van der Waals surface area (Å²) in [7, 11) is 0. The van der Waals surface area contributed by atoms with Crippen molar-refractivity contribution in [1.29, 1.82) is 0 Å². The van der Waals surface area contributed by atoms with Gasteiger partial charge in [0.05, 0.1) is 0 Å². The monoisotopic (exact) mass is 209 g/mol. The Morgan fingerprint density at radius 1 is 1.38 bits per heavy atom. The maximum atomic E-state index is 12.7. The van der Waals surface area contributed by atoms with E-state index in [2.05, 4.69) is 0 Å². The maximum absolute atomic E-state index is 12.7. The Morgan fingerprint density at radius 2 is 1.92 bits per heavy atom. The van der Waals surface area contributed by atoms with E-state index < -0.39 is 23.4 Å². The first-order valence-corrected chi connectivity index (χ1v) is 3.46. The Balaban J connectivity index is 0.00000144. The van der Waals surface area contributed by atoms with Gasteiger partial charge in [-0.3, -0.25) is 0 Å². The van der Waals surface area contributed by atoms with Crippen LogP contribution in [0.3, 0.4) is 0 Å². The molecule has 13 heavy (non-hydrogen) atoms. The van der Waals surface area contributed by atoms with Crippen molar-refractivity contribution in [3.63, 3.8) is 0 Å². The van der Waals surface area contributed by atoms with Crippen molar-refractivity contribution in [3.05, 3.63) is 29.3 Å². The van der Waals surface area contributed by atoms with Crippen molar-refractivity contribution < 1.29 is 13.9 Å². The van der Waals surface area contributed by atoms with Gasteiger partial charge in [0.25, 0.3) is 0 Å². The molecule has 3 N–H and O–H groups in total. The van der Waals surface area contributed by atoms with Crippen LogP contribution < -0.4 is 5.73 Å². The fourth-order valence-corrected chi connectivity index (χ4v) is 0.922. The van der Waals surface area contributed by atoms with Crippen LogP contribution in [0, 0.1) is 11.6 Å². The van der Waals surface area contributed by atoms with Gasteiger partial charge in [0.15, 0.2) is 11.6 Å². The van der Waals surface area contributed by atoms with Crippen LogP contribution in [0.2, 0.25) is 0 Å². The average molecular weight is 210 g/mol. The summed E-state index contributed by atoms with van der Waals surface area (Å²) < 4.78 is 25.1. The van der Waals surface area contributed by atoms with Crippen molar-refractivity contribution in [2.45, 2.75) is 13.0 Å². The number of hydrogen-bond acceptors (Lipinski definition) is 2. The molecule has 0 aliphatic rings. The van der Waals surface area contributed by atoms with Crippen molar-refractivity contribution in [2.75, 3.05) is 0 Å². The zero-order valence-electron chi connectivity index (χ0n) is 6.92. The van der Waals surface area contributed by atoms with Crippen LogP contribution in [0.15, 0.2) is 12.1 Å². The molecule has 0 amide bonds. The topological polar surface area (TPSA) is 46.2 Å². The highest BCUT2D eigenvalue weighted by molar-refractivity contribution is 5.85. The molecule has 0 heterocycles. The summed E-state index contributed by atoms with van der Waals surface area (Å²) in [5.74, 6) is -3.02. The van der Waals surface area contributed by atoms with Crippen molar-refractivity contribution >= 4 is 12.4 Å². The summed E-state index contributed by atoms with van der Waals surface area (Å²) in [6, 6.07) is 1.69. The normalized spacial score (nSPS) is 12.0. The molecule has 0 radical (unpaired) electrons. The number of hydrogen-bond donors (Lipinski definition) is 2. The molecule has 1 atom stereocenters. The lowest BCUT2D eigenvalue weighted by Crippen LogP contribution is -2.06. The third-order valence-electron chi connectivity index (χ3n) is 1.59. The summed E-state index contributed by atoms with van der Waals surface area (Å²) in [6.45, 7) is 1.58. The molecule has 2 nitrogen and oxygen atoms in total. The van der Waals surface area contributed by atoms with Gasteiger partial charge in [0, 0.05) is 11.6 Å². The quantitative estimate of drug-likeness (QED) is 0.744. The maximum Gasteiger partial charge on any atom is 0.200 e. The minimum atomic E-state index is -1.25. The fraction of sp³-hybridized carbons (Fsp3) is 0.250. The number of phenols is 1. The standard InChI is InChI=1S/C8H9F2NO.ClH/c1-4(11)5-2-3-6(9)7(10)8(5)12;/h2-4,12H,11H2,1H3;1H/t4-;/m1./s1. The third kappa shape index (κ3) is 2.29. The zero-order chi connectivity index (χ0) is 9.30. The predicted molar refractivity (Wildman–Crippen MR) is 47.9 cm³/mol. The molecule has 74 valence electrons. The molecular formula is C8H10ClF2NO. The van der Waals surface area contributed by atoms with Gasteiger partial charge in [-0.2, -0.15) is 4.39 Å². The second-order valence-corrected chi connectivity index (χ2v) is 2.59. The van der Waals surface area contributed by atoms with Crippen molar-refractivity contribution in [3.8, 4) is 5.75 Å². The van der Waals surface area contributed by atoms with Gasteiger partial charge in [-0.15, -0.1) is 12.4 Å². The summed E-state index contributed by atoms with van der Waals surface area (Å²) >= 11 is 0. The second-order valence-electron chi connectivity index (χ2n) is 2.59. The molecular weight excluding hydrogens is 200 g/mol. The SMILES string of the molecule is C[C@@H](N)c1ccc(F)c(F)c1O.Cl. The van der Waals surface area contributed by atoms with Crippen LogP contribution in [0.1, 0.15) is 18.5 Å². The minimum Gasteiger partial charge on any atom is -0.505 e. The van der Waals surface area contributed by atoms with Crippen LogP contribution in [0.4, 0.5) is 8.78 Å². The fourth-order valence-electron chi connectivity index (χ4n) is 0.922. The first-order valence-electron chi connectivity index (χ1n) is 3.46. The van der Waals surface area contributed by atoms with Gasteiger partial charge in [-0.05, 0) is 13.0 Å². The average Bonchev–Trinajstić information content (AvgIpc) is 2.00. The molecule has 1 rings (SSSR count). The van der Waals surface area contributed by atoms with E-state index in [0.717, 1.165) is 6.07 Å². The largest absolute Gasteiger partial charge is 0.505 e. The van der Waals surface area contributed by atoms with Crippen molar-refractivity contribution in [2.24, 2.45) is 5.73 Å². The smallest absolute Gasteiger partial charge is 0.200 e. The van der Waals surface area contributed by atoms with E-state index in [9.17, 15) is 8.78 Å². The molecule has 0 unspecified atom stereocenters. The lowest BCUT2D eigenvalue weighted by atomic mass is 10.1. The molecule has 5 heteroatoms. The first-order chi connectivity index (χ1) is 5.54. The Bertz CT molecular complexity index is 304. The van der Waals surface area contributed by atoms with E-state index in [4.69, 9.17) is 10.8 Å². The highest BCUT2D eigenvalue weighted by atomic mass is 35.5. The molecule has 0 saturated heterocycles. The molecule has 0 aromatic heterocycles. The Hall–Kier alpha value is -0.870. The van der Waals surface area contributed by atoms with Gasteiger partial charge in [-0.25, -0.2) is 4.39 Å². The molecule has 0 spiro atoms. The number of phenolic OH excluding ortho intramolecular Hbond substituents is 1. The molecule has 0 aliphatic heterocycles. The van der Waals surface area contributed by atoms with E-state index in [1.807, 2.05) is 0 Å².